The molecule has 1 aliphatic rings. The number of nitrogens with zero attached hydrogens (tertiary/aromatic N) is 3. The molecule has 0 N–H and O–H groups in total. The molecule has 0 amide bonds. The minimum Gasteiger partial charge on any atom is -0.497 e. The predicted octanol–water partition coefficient (Wildman–Crippen LogP) is 2.45. The molecule has 1 aromatic heterocycles. The van der Waals surface area contributed by atoms with E-state index in [0.717, 1.165) is 47.7 Å². The second kappa shape index (κ2) is 5.17. The topological polar surface area (TPSA) is 37.8 Å². The maximum atomic E-state index is 5.60. The van der Waals surface area contributed by atoms with Gasteiger partial charge in [-0.05, 0) is 36.1 Å². The van der Waals surface area contributed by atoms with Gasteiger partial charge >= 0.3 is 0 Å². The molecule has 0 radical (unpaired) electrons. The lowest BCUT2D eigenvalue weighted by Gasteiger charge is -2.20. The number of hydroxylamine groups is 1. The molecule has 0 aliphatic carbocycles. The van der Waals surface area contributed by atoms with Crippen molar-refractivity contribution in [3.8, 4) is 5.75 Å². The molecule has 0 spiro atoms. The van der Waals surface area contributed by atoms with E-state index in [1.54, 1.807) is 7.11 Å². The first kappa shape index (κ1) is 13.0. The summed E-state index contributed by atoms with van der Waals surface area (Å²) in [5, 5.41) is 4.08. The van der Waals surface area contributed by atoms with Gasteiger partial charge in [0.05, 0.1) is 13.7 Å². The third kappa shape index (κ3) is 2.25. The van der Waals surface area contributed by atoms with Crippen molar-refractivity contribution in [1.29, 1.82) is 0 Å². The fourth-order valence-electron chi connectivity index (χ4n) is 2.43. The first-order valence-corrected chi connectivity index (χ1v) is 6.75. The van der Waals surface area contributed by atoms with E-state index in [2.05, 4.69) is 6.07 Å². The Morgan fingerprint density at radius 1 is 1.30 bits per heavy atom. The van der Waals surface area contributed by atoms with Crippen LogP contribution in [0.2, 0.25) is 0 Å². The van der Waals surface area contributed by atoms with Gasteiger partial charge in [0.15, 0.2) is 5.82 Å². The number of fused-ring (bicyclic) bond motifs is 1. The minimum atomic E-state index is 0.759. The van der Waals surface area contributed by atoms with Gasteiger partial charge in [0, 0.05) is 26.0 Å². The van der Waals surface area contributed by atoms with Gasteiger partial charge in [-0.1, -0.05) is 0 Å². The van der Waals surface area contributed by atoms with Crippen LogP contribution < -0.4 is 14.7 Å². The number of hydrogen-bond acceptors (Lipinski definition) is 5. The van der Waals surface area contributed by atoms with Gasteiger partial charge in [0.1, 0.15) is 11.6 Å². The van der Waals surface area contributed by atoms with Gasteiger partial charge in [-0.2, -0.15) is 0 Å². The Kier molecular flexibility index (Phi) is 3.36. The number of ether oxygens (including phenoxy) is 1. The van der Waals surface area contributed by atoms with E-state index in [-0.39, 0.29) is 0 Å². The number of benzene rings is 1. The van der Waals surface area contributed by atoms with E-state index in [9.17, 15) is 0 Å². The highest BCUT2D eigenvalue weighted by atomic mass is 16.7. The lowest BCUT2D eigenvalue weighted by molar-refractivity contribution is 0.166. The number of pyridine rings is 1. The molecule has 0 saturated carbocycles. The van der Waals surface area contributed by atoms with Crippen molar-refractivity contribution in [2.45, 2.75) is 6.42 Å². The molecule has 1 fully saturated rings. The zero-order valence-corrected chi connectivity index (χ0v) is 12.1. The Hall–Kier alpha value is -2.01. The van der Waals surface area contributed by atoms with Gasteiger partial charge in [-0.15, -0.1) is 0 Å². The molecule has 1 saturated heterocycles. The first-order chi connectivity index (χ1) is 9.69. The van der Waals surface area contributed by atoms with Crippen molar-refractivity contribution >= 4 is 22.4 Å². The van der Waals surface area contributed by atoms with Crippen LogP contribution in [0.15, 0.2) is 24.3 Å². The molecular formula is C15H19N3O2. The molecule has 2 aromatic rings. The Labute approximate surface area is 118 Å². The number of aromatic nitrogens is 1. The second-order valence-corrected chi connectivity index (χ2v) is 5.07. The SMILES string of the molecule is COc1ccc2c(N(C)C)nc(N3CCCO3)cc2c1. The predicted molar refractivity (Wildman–Crippen MR) is 80.5 cm³/mol. The summed E-state index contributed by atoms with van der Waals surface area (Å²) in [7, 11) is 5.68. The Morgan fingerprint density at radius 3 is 2.80 bits per heavy atom. The monoisotopic (exact) mass is 273 g/mol. The maximum absolute atomic E-state index is 5.60. The van der Waals surface area contributed by atoms with Crippen LogP contribution in [0.5, 0.6) is 5.75 Å². The van der Waals surface area contributed by atoms with Crippen molar-refractivity contribution in [2.24, 2.45) is 0 Å². The molecule has 106 valence electrons. The summed E-state index contributed by atoms with van der Waals surface area (Å²) < 4.78 is 5.31. The molecule has 3 rings (SSSR count). The van der Waals surface area contributed by atoms with Crippen LogP contribution in [0.1, 0.15) is 6.42 Å². The summed E-state index contributed by atoms with van der Waals surface area (Å²) in [5.74, 6) is 2.64. The molecule has 1 aliphatic heterocycles. The van der Waals surface area contributed by atoms with Crippen molar-refractivity contribution in [3.63, 3.8) is 0 Å². The van der Waals surface area contributed by atoms with E-state index < -0.39 is 0 Å². The summed E-state index contributed by atoms with van der Waals surface area (Å²) in [4.78, 5) is 12.3. The van der Waals surface area contributed by atoms with E-state index in [4.69, 9.17) is 14.6 Å². The first-order valence-electron chi connectivity index (χ1n) is 6.75. The normalized spacial score (nSPS) is 14.8. The van der Waals surface area contributed by atoms with Crippen LogP contribution >= 0.6 is 0 Å². The summed E-state index contributed by atoms with van der Waals surface area (Å²) >= 11 is 0. The minimum absolute atomic E-state index is 0.759. The summed E-state index contributed by atoms with van der Waals surface area (Å²) in [6, 6.07) is 8.09. The fourth-order valence-corrected chi connectivity index (χ4v) is 2.43. The van der Waals surface area contributed by atoms with Gasteiger partial charge in [-0.25, -0.2) is 10.0 Å². The number of hydrogen-bond donors (Lipinski definition) is 0. The highest BCUT2D eigenvalue weighted by Crippen LogP contribution is 2.31. The largest absolute Gasteiger partial charge is 0.497 e. The van der Waals surface area contributed by atoms with E-state index in [1.165, 1.54) is 0 Å². The van der Waals surface area contributed by atoms with Crippen molar-refractivity contribution in [3.05, 3.63) is 24.3 Å². The number of anilines is 2. The number of rotatable bonds is 3. The lowest BCUT2D eigenvalue weighted by Crippen LogP contribution is -2.19. The quantitative estimate of drug-likeness (QED) is 0.858. The van der Waals surface area contributed by atoms with Gasteiger partial charge in [0.2, 0.25) is 0 Å². The third-order valence-corrected chi connectivity index (χ3v) is 3.44. The van der Waals surface area contributed by atoms with Crippen molar-refractivity contribution in [1.82, 2.24) is 4.98 Å². The summed E-state index contributed by atoms with van der Waals surface area (Å²) in [6.07, 6.45) is 1.04. The molecule has 0 atom stereocenters. The van der Waals surface area contributed by atoms with Crippen molar-refractivity contribution in [2.75, 3.05) is 44.3 Å². The van der Waals surface area contributed by atoms with Gasteiger partial charge in [0.25, 0.3) is 0 Å². The Morgan fingerprint density at radius 2 is 2.15 bits per heavy atom. The van der Waals surface area contributed by atoms with E-state index in [1.807, 2.05) is 42.3 Å². The second-order valence-electron chi connectivity index (χ2n) is 5.07. The molecule has 5 heteroatoms. The smallest absolute Gasteiger partial charge is 0.155 e. The van der Waals surface area contributed by atoms with Crippen LogP contribution in [0, 0.1) is 0 Å². The molecule has 1 aromatic carbocycles. The summed E-state index contributed by atoms with van der Waals surface area (Å²) in [5.41, 5.74) is 0. The molecule has 0 unspecified atom stereocenters. The average molecular weight is 273 g/mol. The standard InChI is InChI=1S/C15H19N3O2/c1-17(2)15-13-6-5-12(19-3)9-11(13)10-14(16-15)18-7-4-8-20-18/h5-6,9-10H,4,7-8H2,1-3H3. The highest BCUT2D eigenvalue weighted by Gasteiger charge is 2.17. The van der Waals surface area contributed by atoms with Crippen LogP contribution in [0.4, 0.5) is 11.6 Å². The van der Waals surface area contributed by atoms with E-state index in [0.29, 0.717) is 0 Å². The third-order valence-electron chi connectivity index (χ3n) is 3.44. The van der Waals surface area contributed by atoms with Crippen molar-refractivity contribution < 1.29 is 9.57 Å². The Bertz CT molecular complexity index is 622. The summed E-state index contributed by atoms with van der Waals surface area (Å²) in [6.45, 7) is 1.64. The van der Waals surface area contributed by atoms with Gasteiger partial charge < -0.3 is 9.64 Å². The Balaban J connectivity index is 2.16. The molecule has 20 heavy (non-hydrogen) atoms. The van der Waals surface area contributed by atoms with Crippen LogP contribution in [0.3, 0.4) is 0 Å². The van der Waals surface area contributed by atoms with Crippen LogP contribution in [-0.2, 0) is 4.84 Å². The van der Waals surface area contributed by atoms with Gasteiger partial charge in [-0.3, -0.25) is 4.84 Å². The molecule has 2 heterocycles. The van der Waals surface area contributed by atoms with E-state index >= 15 is 0 Å². The fraction of sp³-hybridized carbons (Fsp3) is 0.400. The zero-order valence-electron chi connectivity index (χ0n) is 12.1. The zero-order chi connectivity index (χ0) is 14.1. The number of methoxy groups -OCH3 is 1. The van der Waals surface area contributed by atoms with Crippen LogP contribution in [0.25, 0.3) is 10.8 Å². The molecular weight excluding hydrogens is 254 g/mol. The highest BCUT2D eigenvalue weighted by molar-refractivity contribution is 5.95. The molecule has 5 nitrogen and oxygen atoms in total. The van der Waals surface area contributed by atoms with Crippen LogP contribution in [-0.4, -0.2) is 39.3 Å². The molecule has 0 bridgehead atoms. The maximum Gasteiger partial charge on any atom is 0.155 e. The average Bonchev–Trinajstić information content (AvgIpc) is 2.99. The lowest BCUT2D eigenvalue weighted by atomic mass is 10.1.